The van der Waals surface area contributed by atoms with Crippen molar-refractivity contribution >= 4 is 5.82 Å². The van der Waals surface area contributed by atoms with E-state index in [1.54, 1.807) is 6.20 Å². The van der Waals surface area contributed by atoms with Crippen molar-refractivity contribution in [2.45, 2.75) is 51.6 Å². The smallest absolute Gasteiger partial charge is 0.129 e. The van der Waals surface area contributed by atoms with Gasteiger partial charge in [0.2, 0.25) is 0 Å². The van der Waals surface area contributed by atoms with Crippen LogP contribution in [-0.4, -0.2) is 10.1 Å². The van der Waals surface area contributed by atoms with Crippen molar-refractivity contribution in [1.29, 1.82) is 0 Å². The Morgan fingerprint density at radius 2 is 2.00 bits per heavy atom. The Bertz CT molecular complexity index is 403. The normalized spacial score (nSPS) is 28.6. The summed E-state index contributed by atoms with van der Waals surface area (Å²) in [7, 11) is 0. The number of aliphatic hydroxyl groups is 1. The molecule has 0 saturated heterocycles. The highest BCUT2D eigenvalue weighted by Gasteiger charge is 2.36. The van der Waals surface area contributed by atoms with Crippen molar-refractivity contribution in [3.63, 3.8) is 0 Å². The van der Waals surface area contributed by atoms with Crippen molar-refractivity contribution in [2.24, 2.45) is 5.41 Å². The maximum atomic E-state index is 10.8. The monoisotopic (exact) mass is 234 g/mol. The molecule has 1 atom stereocenters. The maximum absolute atomic E-state index is 10.8. The molecule has 17 heavy (non-hydrogen) atoms. The molecule has 1 heterocycles. The average Bonchev–Trinajstić information content (AvgIpc) is 2.40. The van der Waals surface area contributed by atoms with Crippen molar-refractivity contribution in [1.82, 2.24) is 4.98 Å². The minimum absolute atomic E-state index is 0.321. The maximum Gasteiger partial charge on any atom is 0.129 e. The molecule has 1 aliphatic carbocycles. The molecule has 1 saturated carbocycles. The van der Waals surface area contributed by atoms with E-state index in [-0.39, 0.29) is 0 Å². The lowest BCUT2D eigenvalue weighted by Gasteiger charge is -2.29. The second-order valence-electron chi connectivity index (χ2n) is 5.99. The van der Waals surface area contributed by atoms with Crippen LogP contribution in [0.3, 0.4) is 0 Å². The zero-order chi connectivity index (χ0) is 12.5. The Balaban J connectivity index is 2.28. The van der Waals surface area contributed by atoms with Crippen molar-refractivity contribution in [2.75, 3.05) is 5.73 Å². The number of hydrogen-bond donors (Lipinski definition) is 2. The lowest BCUT2D eigenvalue weighted by molar-refractivity contribution is 0.0185. The summed E-state index contributed by atoms with van der Waals surface area (Å²) in [6, 6.07) is 3.75. The lowest BCUT2D eigenvalue weighted by atomic mass is 9.82. The number of nitrogens with zero attached hydrogens (tertiary/aromatic N) is 1. The summed E-state index contributed by atoms with van der Waals surface area (Å²) >= 11 is 0. The minimum atomic E-state index is -0.786. The van der Waals surface area contributed by atoms with E-state index in [2.05, 4.69) is 18.8 Å². The molecule has 2 rings (SSSR count). The van der Waals surface area contributed by atoms with Crippen molar-refractivity contribution in [3.05, 3.63) is 23.9 Å². The van der Waals surface area contributed by atoms with Crippen LogP contribution in [0.1, 0.15) is 51.5 Å². The van der Waals surface area contributed by atoms with Crippen LogP contribution in [0.25, 0.3) is 0 Å². The summed E-state index contributed by atoms with van der Waals surface area (Å²) in [6.07, 6.45) is 6.45. The third kappa shape index (κ3) is 2.60. The summed E-state index contributed by atoms with van der Waals surface area (Å²) in [5.41, 5.74) is 6.22. The molecular formula is C14H22N2O. The molecule has 1 aromatic rings. The summed E-state index contributed by atoms with van der Waals surface area (Å²) < 4.78 is 0. The van der Waals surface area contributed by atoms with Crippen LogP contribution < -0.4 is 5.73 Å². The fourth-order valence-corrected chi connectivity index (χ4v) is 2.73. The molecule has 1 aliphatic rings. The summed E-state index contributed by atoms with van der Waals surface area (Å²) in [4.78, 5) is 4.08. The molecule has 3 N–H and O–H groups in total. The Hall–Kier alpha value is -1.09. The summed E-state index contributed by atoms with van der Waals surface area (Å²) in [5, 5.41) is 10.8. The van der Waals surface area contributed by atoms with Gasteiger partial charge < -0.3 is 10.8 Å². The van der Waals surface area contributed by atoms with Crippen LogP contribution in [0.5, 0.6) is 0 Å². The van der Waals surface area contributed by atoms with Crippen molar-refractivity contribution < 1.29 is 5.11 Å². The largest absolute Gasteiger partial charge is 0.385 e. The molecule has 0 radical (unpaired) electrons. The van der Waals surface area contributed by atoms with Gasteiger partial charge in [-0.05, 0) is 43.6 Å². The van der Waals surface area contributed by atoms with Gasteiger partial charge in [-0.15, -0.1) is 0 Å². The Morgan fingerprint density at radius 1 is 1.24 bits per heavy atom. The molecule has 1 aromatic heterocycles. The molecular weight excluding hydrogens is 212 g/mol. The van der Waals surface area contributed by atoms with Crippen LogP contribution in [0.15, 0.2) is 18.3 Å². The van der Waals surface area contributed by atoms with E-state index in [0.717, 1.165) is 37.7 Å². The number of hydrogen-bond acceptors (Lipinski definition) is 3. The van der Waals surface area contributed by atoms with Gasteiger partial charge in [-0.25, -0.2) is 4.98 Å². The summed E-state index contributed by atoms with van der Waals surface area (Å²) in [5.74, 6) is 0.467. The van der Waals surface area contributed by atoms with Gasteiger partial charge in [-0.1, -0.05) is 19.9 Å². The number of nitrogen functional groups attached to an aromatic ring is 1. The number of nitrogens with two attached hydrogens (primary N) is 1. The van der Waals surface area contributed by atoms with Crippen LogP contribution in [-0.2, 0) is 5.60 Å². The van der Waals surface area contributed by atoms with E-state index in [9.17, 15) is 5.11 Å². The Kier molecular flexibility index (Phi) is 3.13. The third-order valence-corrected chi connectivity index (χ3v) is 4.00. The zero-order valence-electron chi connectivity index (χ0n) is 10.7. The van der Waals surface area contributed by atoms with Crippen LogP contribution in [0.2, 0.25) is 0 Å². The predicted octanol–water partition coefficient (Wildman–Crippen LogP) is 2.84. The number of rotatable bonds is 1. The fourth-order valence-electron chi connectivity index (χ4n) is 2.73. The van der Waals surface area contributed by atoms with Gasteiger partial charge in [0.25, 0.3) is 0 Å². The summed E-state index contributed by atoms with van der Waals surface area (Å²) in [6.45, 7) is 4.54. The minimum Gasteiger partial charge on any atom is -0.385 e. The topological polar surface area (TPSA) is 59.1 Å². The molecule has 94 valence electrons. The first kappa shape index (κ1) is 12.4. The van der Waals surface area contributed by atoms with Crippen LogP contribution in [0.4, 0.5) is 5.82 Å². The van der Waals surface area contributed by atoms with Gasteiger partial charge in [0, 0.05) is 11.8 Å². The second kappa shape index (κ2) is 4.30. The van der Waals surface area contributed by atoms with Gasteiger partial charge in [-0.2, -0.15) is 0 Å². The van der Waals surface area contributed by atoms with Gasteiger partial charge in [0.05, 0.1) is 5.60 Å². The number of aromatic nitrogens is 1. The molecule has 0 bridgehead atoms. The Morgan fingerprint density at radius 3 is 2.71 bits per heavy atom. The first-order valence-corrected chi connectivity index (χ1v) is 6.36. The highest BCUT2D eigenvalue weighted by atomic mass is 16.3. The van der Waals surface area contributed by atoms with Crippen molar-refractivity contribution in [3.8, 4) is 0 Å². The predicted molar refractivity (Wildman–Crippen MR) is 69.4 cm³/mol. The number of pyridine rings is 1. The zero-order valence-corrected chi connectivity index (χ0v) is 10.7. The highest BCUT2D eigenvalue weighted by Crippen LogP contribution is 2.43. The highest BCUT2D eigenvalue weighted by molar-refractivity contribution is 5.42. The average molecular weight is 234 g/mol. The molecule has 0 amide bonds. The fraction of sp³-hybridized carbons (Fsp3) is 0.643. The van der Waals surface area contributed by atoms with E-state index < -0.39 is 5.60 Å². The van der Waals surface area contributed by atoms with Crippen LogP contribution >= 0.6 is 0 Å². The van der Waals surface area contributed by atoms with Gasteiger partial charge in [0.15, 0.2) is 0 Å². The first-order valence-electron chi connectivity index (χ1n) is 6.36. The molecule has 3 nitrogen and oxygen atoms in total. The molecule has 0 aromatic carbocycles. The van der Waals surface area contributed by atoms with Gasteiger partial charge in [-0.3, -0.25) is 0 Å². The Labute approximate surface area is 103 Å². The van der Waals surface area contributed by atoms with E-state index in [1.165, 1.54) is 0 Å². The molecule has 1 unspecified atom stereocenters. The molecule has 0 aliphatic heterocycles. The molecule has 0 spiro atoms. The van der Waals surface area contributed by atoms with E-state index in [1.807, 2.05) is 12.1 Å². The SMILES string of the molecule is CC1(C)CCCC(O)(c2cccnc2N)CC1. The van der Waals surface area contributed by atoms with E-state index >= 15 is 0 Å². The second-order valence-corrected chi connectivity index (χ2v) is 5.99. The first-order chi connectivity index (χ1) is 7.93. The lowest BCUT2D eigenvalue weighted by Crippen LogP contribution is -2.27. The number of anilines is 1. The van der Waals surface area contributed by atoms with E-state index in [4.69, 9.17) is 5.73 Å². The third-order valence-electron chi connectivity index (χ3n) is 4.00. The van der Waals surface area contributed by atoms with Gasteiger partial charge in [0.1, 0.15) is 5.82 Å². The van der Waals surface area contributed by atoms with Gasteiger partial charge >= 0.3 is 0 Å². The molecule has 3 heteroatoms. The van der Waals surface area contributed by atoms with Crippen LogP contribution in [0, 0.1) is 5.41 Å². The standard InChI is InChI=1S/C14H22N2O/c1-13(2)6-4-7-14(17,9-8-13)11-5-3-10-16-12(11)15/h3,5,10,17H,4,6-9H2,1-2H3,(H2,15,16). The quantitative estimate of drug-likeness (QED) is 0.735. The van der Waals surface area contributed by atoms with E-state index in [0.29, 0.717) is 11.2 Å². The molecule has 1 fully saturated rings.